The van der Waals surface area contributed by atoms with Crippen molar-refractivity contribution in [2.45, 2.75) is 6.92 Å². The quantitative estimate of drug-likeness (QED) is 0.212. The number of rotatable bonds is 2. The first-order valence-electron chi connectivity index (χ1n) is 3.82. The molecule has 5 N–H and O–H groups in total. The van der Waals surface area contributed by atoms with Crippen LogP contribution in [-0.2, 0) is 0 Å². The molecular weight excluding hydrogens is 184 g/mol. The number of nitro benzene ring substituents is 1. The van der Waals surface area contributed by atoms with Gasteiger partial charge in [0.15, 0.2) is 0 Å². The van der Waals surface area contributed by atoms with E-state index in [1.54, 1.807) is 6.92 Å². The van der Waals surface area contributed by atoms with E-state index in [9.17, 15) is 10.1 Å². The Hall–Kier alpha value is -2.11. The molecule has 6 heteroatoms. The Morgan fingerprint density at radius 1 is 1.57 bits per heavy atom. The van der Waals surface area contributed by atoms with Crippen LogP contribution in [0.1, 0.15) is 11.1 Å². The monoisotopic (exact) mass is 194 g/mol. The maximum atomic E-state index is 10.5. The Morgan fingerprint density at radius 3 is 2.57 bits per heavy atom. The lowest BCUT2D eigenvalue weighted by Gasteiger charge is -2.05. The molecule has 6 nitrogen and oxygen atoms in total. The summed E-state index contributed by atoms with van der Waals surface area (Å²) in [6.07, 6.45) is 0. The van der Waals surface area contributed by atoms with Gasteiger partial charge in [-0.15, -0.1) is 0 Å². The second kappa shape index (κ2) is 3.33. The summed E-state index contributed by atoms with van der Waals surface area (Å²) in [5.74, 6) is -0.203. The molecule has 0 bridgehead atoms. The highest BCUT2D eigenvalue weighted by Gasteiger charge is 2.15. The second-order valence-electron chi connectivity index (χ2n) is 2.90. The first kappa shape index (κ1) is 9.97. The minimum absolute atomic E-state index is 0.0810. The van der Waals surface area contributed by atoms with Crippen molar-refractivity contribution in [1.29, 1.82) is 5.41 Å². The summed E-state index contributed by atoms with van der Waals surface area (Å²) >= 11 is 0. The van der Waals surface area contributed by atoms with Crippen LogP contribution in [0.25, 0.3) is 0 Å². The van der Waals surface area contributed by atoms with Crippen LogP contribution in [0.3, 0.4) is 0 Å². The molecule has 14 heavy (non-hydrogen) atoms. The van der Waals surface area contributed by atoms with E-state index in [1.165, 1.54) is 12.1 Å². The molecule has 0 aromatic heterocycles. The van der Waals surface area contributed by atoms with Gasteiger partial charge in [0.25, 0.3) is 5.69 Å². The molecule has 0 amide bonds. The first-order valence-corrected chi connectivity index (χ1v) is 3.82. The Balaban J connectivity index is 3.42. The van der Waals surface area contributed by atoms with E-state index >= 15 is 0 Å². The van der Waals surface area contributed by atoms with Crippen LogP contribution >= 0.6 is 0 Å². The smallest absolute Gasteiger partial charge is 0.292 e. The highest BCUT2D eigenvalue weighted by atomic mass is 16.6. The Bertz CT molecular complexity index is 379. The van der Waals surface area contributed by atoms with Crippen LogP contribution in [0.15, 0.2) is 12.1 Å². The van der Waals surface area contributed by atoms with Crippen molar-refractivity contribution in [3.8, 4) is 0 Å². The highest BCUT2D eigenvalue weighted by molar-refractivity contribution is 5.97. The van der Waals surface area contributed by atoms with Crippen molar-refractivity contribution >= 4 is 17.2 Å². The molecule has 1 rings (SSSR count). The molecule has 0 atom stereocenters. The molecule has 0 spiro atoms. The zero-order chi connectivity index (χ0) is 10.9. The maximum absolute atomic E-state index is 10.5. The lowest BCUT2D eigenvalue weighted by Crippen LogP contribution is -2.13. The van der Waals surface area contributed by atoms with Crippen molar-refractivity contribution in [2.24, 2.45) is 5.73 Å². The summed E-state index contributed by atoms with van der Waals surface area (Å²) in [6, 6.07) is 2.65. The average Bonchev–Trinajstić information content (AvgIpc) is 2.02. The minimum atomic E-state index is -0.596. The van der Waals surface area contributed by atoms with E-state index < -0.39 is 4.92 Å². The van der Waals surface area contributed by atoms with E-state index in [2.05, 4.69) is 0 Å². The molecule has 0 saturated carbocycles. The van der Waals surface area contributed by atoms with Crippen molar-refractivity contribution in [1.82, 2.24) is 0 Å². The number of hydrogen-bond acceptors (Lipinski definition) is 4. The van der Waals surface area contributed by atoms with E-state index in [0.717, 1.165) is 0 Å². The van der Waals surface area contributed by atoms with E-state index in [1.807, 2.05) is 0 Å². The van der Waals surface area contributed by atoms with E-state index in [-0.39, 0.29) is 17.2 Å². The van der Waals surface area contributed by atoms with Crippen LogP contribution < -0.4 is 11.5 Å². The summed E-state index contributed by atoms with van der Waals surface area (Å²) in [6.45, 7) is 1.69. The molecule has 0 aliphatic heterocycles. The van der Waals surface area contributed by atoms with Gasteiger partial charge < -0.3 is 11.5 Å². The van der Waals surface area contributed by atoms with Gasteiger partial charge in [0.1, 0.15) is 11.5 Å². The van der Waals surface area contributed by atoms with Crippen LogP contribution in [0, 0.1) is 22.4 Å². The largest absolute Gasteiger partial charge is 0.393 e. The number of nitrogens with one attached hydrogen (secondary N) is 1. The zero-order valence-electron chi connectivity index (χ0n) is 7.57. The van der Waals surface area contributed by atoms with Crippen molar-refractivity contribution in [3.05, 3.63) is 33.4 Å². The van der Waals surface area contributed by atoms with Crippen molar-refractivity contribution < 1.29 is 4.92 Å². The van der Waals surface area contributed by atoms with Crippen molar-refractivity contribution in [2.75, 3.05) is 5.73 Å². The third-order valence-electron chi connectivity index (χ3n) is 1.86. The van der Waals surface area contributed by atoms with Crippen LogP contribution in [-0.4, -0.2) is 10.8 Å². The maximum Gasteiger partial charge on any atom is 0.292 e. The fourth-order valence-corrected chi connectivity index (χ4v) is 1.17. The van der Waals surface area contributed by atoms with Gasteiger partial charge in [-0.25, -0.2) is 0 Å². The summed E-state index contributed by atoms with van der Waals surface area (Å²) in [4.78, 5) is 9.93. The van der Waals surface area contributed by atoms with Gasteiger partial charge in [0.2, 0.25) is 0 Å². The summed E-state index contributed by atoms with van der Waals surface area (Å²) in [5, 5.41) is 17.7. The molecule has 0 fully saturated rings. The van der Waals surface area contributed by atoms with Gasteiger partial charge in [-0.2, -0.15) is 0 Å². The predicted molar refractivity (Wildman–Crippen MR) is 53.3 cm³/mol. The standard InChI is InChI=1S/C8H10N4O2/c1-4-2-6(9)7(12(13)14)3-5(4)8(10)11/h2-3H,9H2,1H3,(H3,10,11). The SMILES string of the molecule is Cc1cc(N)c([N+](=O)[O-])cc1C(=N)N. The number of amidine groups is 1. The average molecular weight is 194 g/mol. The number of aryl methyl sites for hydroxylation is 1. The molecular formula is C8H10N4O2. The van der Waals surface area contributed by atoms with Crippen molar-refractivity contribution in [3.63, 3.8) is 0 Å². The fourth-order valence-electron chi connectivity index (χ4n) is 1.17. The molecule has 74 valence electrons. The lowest BCUT2D eigenvalue weighted by molar-refractivity contribution is -0.383. The number of benzene rings is 1. The highest BCUT2D eigenvalue weighted by Crippen LogP contribution is 2.24. The second-order valence-corrected chi connectivity index (χ2v) is 2.90. The zero-order valence-corrected chi connectivity index (χ0v) is 7.57. The number of nitrogens with two attached hydrogens (primary N) is 2. The third kappa shape index (κ3) is 1.63. The van der Waals surface area contributed by atoms with Gasteiger partial charge >= 0.3 is 0 Å². The molecule has 1 aromatic rings. The molecule has 1 aromatic carbocycles. The van der Waals surface area contributed by atoms with Gasteiger partial charge in [-0.05, 0) is 18.6 Å². The van der Waals surface area contributed by atoms with E-state index in [0.29, 0.717) is 11.1 Å². The number of hydrogen-bond donors (Lipinski definition) is 3. The lowest BCUT2D eigenvalue weighted by atomic mass is 10.1. The summed E-state index contributed by atoms with van der Waals surface area (Å²) < 4.78 is 0. The normalized spacial score (nSPS) is 9.79. The van der Waals surface area contributed by atoms with Crippen LogP contribution in [0.2, 0.25) is 0 Å². The molecule has 0 saturated heterocycles. The van der Waals surface area contributed by atoms with Gasteiger partial charge in [-0.3, -0.25) is 15.5 Å². The Morgan fingerprint density at radius 2 is 2.14 bits per heavy atom. The van der Waals surface area contributed by atoms with Crippen LogP contribution in [0.4, 0.5) is 11.4 Å². The summed E-state index contributed by atoms with van der Waals surface area (Å²) in [5.41, 5.74) is 11.5. The molecule has 0 heterocycles. The van der Waals surface area contributed by atoms with Crippen LogP contribution in [0.5, 0.6) is 0 Å². The molecule has 0 unspecified atom stereocenters. The summed E-state index contributed by atoms with van der Waals surface area (Å²) in [7, 11) is 0. The topological polar surface area (TPSA) is 119 Å². The first-order chi connectivity index (χ1) is 6.43. The number of anilines is 1. The molecule has 0 radical (unpaired) electrons. The minimum Gasteiger partial charge on any atom is -0.393 e. The van der Waals surface area contributed by atoms with Gasteiger partial charge in [0.05, 0.1) is 4.92 Å². The number of nitro groups is 1. The van der Waals surface area contributed by atoms with Gasteiger partial charge in [0, 0.05) is 11.6 Å². The van der Waals surface area contributed by atoms with Gasteiger partial charge in [-0.1, -0.05) is 0 Å². The number of nitrogen functional groups attached to an aromatic ring is 2. The number of nitrogens with zero attached hydrogens (tertiary/aromatic N) is 1. The molecule has 0 aliphatic carbocycles. The van der Waals surface area contributed by atoms with E-state index in [4.69, 9.17) is 16.9 Å². The third-order valence-corrected chi connectivity index (χ3v) is 1.86. The predicted octanol–water partition coefficient (Wildman–Crippen LogP) is 0.769. The Kier molecular flexibility index (Phi) is 2.37. The Labute approximate surface area is 80.2 Å². The molecule has 0 aliphatic rings. The fraction of sp³-hybridized carbons (Fsp3) is 0.125.